The van der Waals surface area contributed by atoms with Crippen LogP contribution in [0.2, 0.25) is 0 Å². The zero-order valence-corrected chi connectivity index (χ0v) is 12.2. The third-order valence-electron chi connectivity index (χ3n) is 4.64. The molecular formula is C19H20FN. The normalized spacial score (nSPS) is 17.0. The summed E-state index contributed by atoms with van der Waals surface area (Å²) in [6.45, 7) is 0.759. The van der Waals surface area contributed by atoms with Gasteiger partial charge < -0.3 is 5.32 Å². The lowest BCUT2D eigenvalue weighted by molar-refractivity contribution is 0.620. The number of fused-ring (bicyclic) bond motifs is 1. The van der Waals surface area contributed by atoms with Crippen molar-refractivity contribution in [3.05, 3.63) is 58.9 Å². The molecule has 0 aliphatic heterocycles. The van der Waals surface area contributed by atoms with Gasteiger partial charge >= 0.3 is 0 Å². The van der Waals surface area contributed by atoms with Crippen molar-refractivity contribution in [2.45, 2.75) is 44.7 Å². The molecule has 2 heteroatoms. The van der Waals surface area contributed by atoms with Crippen LogP contribution in [0.1, 0.15) is 36.0 Å². The minimum atomic E-state index is -0.146. The van der Waals surface area contributed by atoms with Crippen LogP contribution in [0.3, 0.4) is 0 Å². The maximum absolute atomic E-state index is 13.6. The van der Waals surface area contributed by atoms with Crippen LogP contribution in [0.15, 0.2) is 36.4 Å². The highest BCUT2D eigenvalue weighted by Gasteiger charge is 2.21. The lowest BCUT2D eigenvalue weighted by Crippen LogP contribution is -2.16. The first-order valence-corrected chi connectivity index (χ1v) is 7.93. The smallest absolute Gasteiger partial charge is 0.123 e. The van der Waals surface area contributed by atoms with Gasteiger partial charge in [-0.1, -0.05) is 24.3 Å². The highest BCUT2D eigenvalue weighted by molar-refractivity contribution is 5.69. The molecule has 1 saturated carbocycles. The van der Waals surface area contributed by atoms with E-state index in [4.69, 9.17) is 0 Å². The molecule has 4 rings (SSSR count). The summed E-state index contributed by atoms with van der Waals surface area (Å²) in [5, 5.41) is 3.50. The molecule has 2 aromatic carbocycles. The monoisotopic (exact) mass is 281 g/mol. The Morgan fingerprint density at radius 1 is 1.00 bits per heavy atom. The maximum Gasteiger partial charge on any atom is 0.123 e. The molecule has 0 saturated heterocycles. The van der Waals surface area contributed by atoms with E-state index >= 15 is 0 Å². The van der Waals surface area contributed by atoms with Crippen molar-refractivity contribution in [2.75, 3.05) is 0 Å². The van der Waals surface area contributed by atoms with Gasteiger partial charge in [0.25, 0.3) is 0 Å². The summed E-state index contributed by atoms with van der Waals surface area (Å²) in [6.07, 6.45) is 6.15. The van der Waals surface area contributed by atoms with Crippen LogP contribution in [0.25, 0.3) is 11.1 Å². The van der Waals surface area contributed by atoms with E-state index in [1.807, 2.05) is 6.07 Å². The van der Waals surface area contributed by atoms with Crippen LogP contribution in [-0.2, 0) is 19.4 Å². The molecule has 2 aromatic rings. The lowest BCUT2D eigenvalue weighted by atomic mass is 9.96. The number of rotatable bonds is 4. The Bertz CT molecular complexity index is 673. The molecule has 1 N–H and O–H groups in total. The van der Waals surface area contributed by atoms with Gasteiger partial charge in [0.1, 0.15) is 5.82 Å². The standard InChI is InChI=1S/C19H20FN/c20-17-6-9-19(16(11-17)12-21-18-7-8-18)15-5-4-13-2-1-3-14(13)10-15/h4-6,9-11,18,21H,1-3,7-8,12H2. The second-order valence-electron chi connectivity index (χ2n) is 6.29. The number of hydrogen-bond acceptors (Lipinski definition) is 1. The zero-order chi connectivity index (χ0) is 14.2. The Labute approximate surface area is 125 Å². The molecule has 0 atom stereocenters. The predicted octanol–water partition coefficient (Wildman–Crippen LogP) is 4.23. The molecule has 0 radical (unpaired) electrons. The van der Waals surface area contributed by atoms with Crippen LogP contribution in [0, 0.1) is 5.82 Å². The molecule has 1 nitrogen and oxygen atoms in total. The second kappa shape index (κ2) is 5.27. The SMILES string of the molecule is Fc1ccc(-c2ccc3c(c2)CCC3)c(CNC2CC2)c1. The molecule has 0 heterocycles. The molecule has 2 aliphatic rings. The summed E-state index contributed by atoms with van der Waals surface area (Å²) in [5.41, 5.74) is 6.42. The number of aryl methyl sites for hydroxylation is 2. The van der Waals surface area contributed by atoms with Crippen molar-refractivity contribution in [3.8, 4) is 11.1 Å². The average molecular weight is 281 g/mol. The van der Waals surface area contributed by atoms with Gasteiger partial charge in [0.05, 0.1) is 0 Å². The maximum atomic E-state index is 13.6. The molecule has 2 aliphatic carbocycles. The van der Waals surface area contributed by atoms with Crippen molar-refractivity contribution < 1.29 is 4.39 Å². The van der Waals surface area contributed by atoms with E-state index in [-0.39, 0.29) is 5.82 Å². The largest absolute Gasteiger partial charge is 0.310 e. The summed E-state index contributed by atoms with van der Waals surface area (Å²) in [7, 11) is 0. The minimum Gasteiger partial charge on any atom is -0.310 e. The molecular weight excluding hydrogens is 261 g/mol. The Morgan fingerprint density at radius 3 is 2.71 bits per heavy atom. The van der Waals surface area contributed by atoms with E-state index < -0.39 is 0 Å². The van der Waals surface area contributed by atoms with Crippen molar-refractivity contribution in [1.29, 1.82) is 0 Å². The first kappa shape index (κ1) is 13.0. The first-order chi connectivity index (χ1) is 10.3. The summed E-state index contributed by atoms with van der Waals surface area (Å²) in [5.74, 6) is -0.146. The average Bonchev–Trinajstić information content (AvgIpc) is 3.20. The van der Waals surface area contributed by atoms with E-state index in [1.54, 1.807) is 12.1 Å². The Balaban J connectivity index is 1.69. The quantitative estimate of drug-likeness (QED) is 0.884. The summed E-state index contributed by atoms with van der Waals surface area (Å²) in [4.78, 5) is 0. The molecule has 1 fully saturated rings. The van der Waals surface area contributed by atoms with Gasteiger partial charge in [0.2, 0.25) is 0 Å². The molecule has 0 spiro atoms. The molecule has 21 heavy (non-hydrogen) atoms. The molecule has 0 aromatic heterocycles. The van der Waals surface area contributed by atoms with Gasteiger partial charge in [0.15, 0.2) is 0 Å². The van der Waals surface area contributed by atoms with Gasteiger partial charge in [-0.2, -0.15) is 0 Å². The predicted molar refractivity (Wildman–Crippen MR) is 83.7 cm³/mol. The van der Waals surface area contributed by atoms with Gasteiger partial charge in [-0.3, -0.25) is 0 Å². The number of halogens is 1. The fraction of sp³-hybridized carbons (Fsp3) is 0.368. The minimum absolute atomic E-state index is 0.146. The Kier molecular flexibility index (Phi) is 3.27. The first-order valence-electron chi connectivity index (χ1n) is 7.93. The van der Waals surface area contributed by atoms with Crippen LogP contribution < -0.4 is 5.32 Å². The molecule has 0 bridgehead atoms. The van der Waals surface area contributed by atoms with Crippen LogP contribution in [0.4, 0.5) is 4.39 Å². The van der Waals surface area contributed by atoms with E-state index in [9.17, 15) is 4.39 Å². The van der Waals surface area contributed by atoms with Gasteiger partial charge in [-0.15, -0.1) is 0 Å². The third-order valence-corrected chi connectivity index (χ3v) is 4.64. The summed E-state index contributed by atoms with van der Waals surface area (Å²) in [6, 6.07) is 12.6. The zero-order valence-electron chi connectivity index (χ0n) is 12.2. The van der Waals surface area contributed by atoms with Gasteiger partial charge in [-0.05, 0) is 72.1 Å². The van der Waals surface area contributed by atoms with Crippen LogP contribution >= 0.6 is 0 Å². The van der Waals surface area contributed by atoms with Crippen molar-refractivity contribution in [2.24, 2.45) is 0 Å². The van der Waals surface area contributed by atoms with Crippen molar-refractivity contribution in [1.82, 2.24) is 5.32 Å². The molecule has 0 unspecified atom stereocenters. The molecule has 108 valence electrons. The van der Waals surface area contributed by atoms with E-state index in [2.05, 4.69) is 23.5 Å². The van der Waals surface area contributed by atoms with Gasteiger partial charge in [0, 0.05) is 12.6 Å². The Hall–Kier alpha value is -1.67. The lowest BCUT2D eigenvalue weighted by Gasteiger charge is -2.12. The Morgan fingerprint density at radius 2 is 1.86 bits per heavy atom. The van der Waals surface area contributed by atoms with E-state index in [0.717, 1.165) is 12.1 Å². The summed E-state index contributed by atoms with van der Waals surface area (Å²) < 4.78 is 13.6. The van der Waals surface area contributed by atoms with Crippen LogP contribution in [0.5, 0.6) is 0 Å². The molecule has 0 amide bonds. The van der Waals surface area contributed by atoms with Crippen LogP contribution in [-0.4, -0.2) is 6.04 Å². The highest BCUT2D eigenvalue weighted by Crippen LogP contribution is 2.31. The number of hydrogen-bond donors (Lipinski definition) is 1. The summed E-state index contributed by atoms with van der Waals surface area (Å²) >= 11 is 0. The topological polar surface area (TPSA) is 12.0 Å². The fourth-order valence-corrected chi connectivity index (χ4v) is 3.27. The van der Waals surface area contributed by atoms with E-state index in [1.165, 1.54) is 54.4 Å². The second-order valence-corrected chi connectivity index (χ2v) is 6.29. The number of benzene rings is 2. The van der Waals surface area contributed by atoms with Crippen molar-refractivity contribution in [3.63, 3.8) is 0 Å². The fourth-order valence-electron chi connectivity index (χ4n) is 3.27. The highest BCUT2D eigenvalue weighted by atomic mass is 19.1. The third kappa shape index (κ3) is 2.73. The van der Waals surface area contributed by atoms with E-state index in [0.29, 0.717) is 6.04 Å². The van der Waals surface area contributed by atoms with Gasteiger partial charge in [-0.25, -0.2) is 4.39 Å². The van der Waals surface area contributed by atoms with Crippen molar-refractivity contribution >= 4 is 0 Å². The number of nitrogens with one attached hydrogen (secondary N) is 1.